The maximum absolute atomic E-state index is 14.9. The molecule has 2 aromatic heterocycles. The average molecular weight is 471 g/mol. The zero-order chi connectivity index (χ0) is 24.1. The third kappa shape index (κ3) is 3.45. The Hall–Kier alpha value is -4.16. The van der Waals surface area contributed by atoms with E-state index in [0.717, 1.165) is 36.6 Å². The van der Waals surface area contributed by atoms with Crippen LogP contribution >= 0.6 is 0 Å². The highest BCUT2D eigenvalue weighted by molar-refractivity contribution is 5.93. The maximum Gasteiger partial charge on any atom is 0.143 e. The van der Waals surface area contributed by atoms with Crippen molar-refractivity contribution in [2.45, 2.75) is 6.04 Å². The Labute approximate surface area is 201 Å². The summed E-state index contributed by atoms with van der Waals surface area (Å²) in [6.45, 7) is 3.56. The van der Waals surface area contributed by atoms with Crippen molar-refractivity contribution in [3.8, 4) is 40.1 Å². The SMILES string of the molecule is COc1cccc(F)c1-c1nc2c(-c3ccc4c(c3)OCC3CN(C)CCN43)n[nH]c2cc1C#N. The van der Waals surface area contributed by atoms with E-state index in [1.807, 2.05) is 12.1 Å². The molecule has 2 aliphatic heterocycles. The number of pyridine rings is 1. The quantitative estimate of drug-likeness (QED) is 0.487. The highest BCUT2D eigenvalue weighted by Gasteiger charge is 2.32. The molecule has 4 aromatic rings. The second-order valence-corrected chi connectivity index (χ2v) is 8.88. The van der Waals surface area contributed by atoms with Crippen molar-refractivity contribution in [3.63, 3.8) is 0 Å². The van der Waals surface area contributed by atoms with E-state index in [-0.39, 0.29) is 16.8 Å². The van der Waals surface area contributed by atoms with Gasteiger partial charge in [0.1, 0.15) is 41.2 Å². The molecule has 1 N–H and O–H groups in total. The van der Waals surface area contributed by atoms with E-state index >= 15 is 0 Å². The molecular weight excluding hydrogens is 447 g/mol. The Morgan fingerprint density at radius 2 is 2.09 bits per heavy atom. The van der Waals surface area contributed by atoms with Gasteiger partial charge in [-0.3, -0.25) is 5.10 Å². The molecule has 0 amide bonds. The summed E-state index contributed by atoms with van der Waals surface area (Å²) in [6, 6.07) is 14.7. The lowest BCUT2D eigenvalue weighted by Crippen LogP contribution is -2.56. The summed E-state index contributed by atoms with van der Waals surface area (Å²) in [6.07, 6.45) is 0. The van der Waals surface area contributed by atoms with Crippen molar-refractivity contribution in [2.24, 2.45) is 0 Å². The predicted molar refractivity (Wildman–Crippen MR) is 130 cm³/mol. The smallest absolute Gasteiger partial charge is 0.143 e. The second-order valence-electron chi connectivity index (χ2n) is 8.88. The van der Waals surface area contributed by atoms with Gasteiger partial charge in [-0.25, -0.2) is 9.37 Å². The summed E-state index contributed by atoms with van der Waals surface area (Å²) in [5.74, 6) is 0.605. The molecule has 0 aliphatic carbocycles. The van der Waals surface area contributed by atoms with E-state index in [9.17, 15) is 9.65 Å². The summed E-state index contributed by atoms with van der Waals surface area (Å²) in [5, 5.41) is 17.2. The number of benzene rings is 2. The molecule has 1 fully saturated rings. The van der Waals surface area contributed by atoms with Crippen LogP contribution in [0.15, 0.2) is 42.5 Å². The lowest BCUT2D eigenvalue weighted by molar-refractivity contribution is 0.188. The molecule has 9 heteroatoms. The Bertz CT molecular complexity index is 1490. The molecule has 176 valence electrons. The number of nitrogens with one attached hydrogen (secondary N) is 1. The number of methoxy groups -OCH3 is 1. The summed E-state index contributed by atoms with van der Waals surface area (Å²) in [7, 11) is 3.60. The maximum atomic E-state index is 14.9. The van der Waals surface area contributed by atoms with Gasteiger partial charge in [-0.2, -0.15) is 10.4 Å². The zero-order valence-electron chi connectivity index (χ0n) is 19.4. The van der Waals surface area contributed by atoms with Gasteiger partial charge in [-0.05, 0) is 37.4 Å². The number of nitriles is 1. The number of rotatable bonds is 3. The van der Waals surface area contributed by atoms with Crippen molar-refractivity contribution in [1.29, 1.82) is 5.26 Å². The van der Waals surface area contributed by atoms with E-state index in [0.29, 0.717) is 35.1 Å². The minimum absolute atomic E-state index is 0.149. The van der Waals surface area contributed by atoms with Crippen LogP contribution < -0.4 is 14.4 Å². The fourth-order valence-electron chi connectivity index (χ4n) is 5.00. The number of H-pyrrole nitrogens is 1. The molecule has 1 saturated heterocycles. The van der Waals surface area contributed by atoms with Gasteiger partial charge in [0.05, 0.1) is 41.2 Å². The number of hydrogen-bond acceptors (Lipinski definition) is 7. The fraction of sp³-hybridized carbons (Fsp3) is 0.269. The molecule has 0 bridgehead atoms. The van der Waals surface area contributed by atoms with Gasteiger partial charge >= 0.3 is 0 Å². The third-order valence-corrected chi connectivity index (χ3v) is 6.75. The van der Waals surface area contributed by atoms with Crippen molar-refractivity contribution >= 4 is 16.7 Å². The number of ether oxygens (including phenoxy) is 2. The molecule has 2 aromatic carbocycles. The lowest BCUT2D eigenvalue weighted by atomic mass is 10.0. The van der Waals surface area contributed by atoms with E-state index < -0.39 is 5.82 Å². The minimum Gasteiger partial charge on any atom is -0.496 e. The van der Waals surface area contributed by atoms with E-state index in [4.69, 9.17) is 14.5 Å². The van der Waals surface area contributed by atoms with Gasteiger partial charge in [0.15, 0.2) is 0 Å². The fourth-order valence-corrected chi connectivity index (χ4v) is 5.00. The monoisotopic (exact) mass is 470 g/mol. The molecule has 35 heavy (non-hydrogen) atoms. The van der Waals surface area contributed by atoms with Crippen molar-refractivity contribution in [2.75, 3.05) is 45.3 Å². The molecule has 1 atom stereocenters. The normalized spacial score (nSPS) is 17.4. The van der Waals surface area contributed by atoms with Crippen LogP contribution in [0.3, 0.4) is 0 Å². The standard InChI is InChI=1S/C26H23FN6O2/c1-32-8-9-33-17(13-32)14-35-22-11-15(6-7-20(22)33)25-26-19(30-31-25)10-16(12-28)24(29-26)23-18(27)4-3-5-21(23)34-2/h3-7,10-11,17H,8-9,13-14H2,1-2H3,(H,30,31). The second kappa shape index (κ2) is 8.25. The Morgan fingerprint density at radius 3 is 2.91 bits per heavy atom. The van der Waals surface area contributed by atoms with Crippen LogP contribution in [0.2, 0.25) is 0 Å². The van der Waals surface area contributed by atoms with Gasteiger partial charge in [0.2, 0.25) is 0 Å². The van der Waals surface area contributed by atoms with Crippen LogP contribution in [0.25, 0.3) is 33.5 Å². The largest absolute Gasteiger partial charge is 0.496 e. The minimum atomic E-state index is -0.512. The molecule has 8 nitrogen and oxygen atoms in total. The summed E-state index contributed by atoms with van der Waals surface area (Å²) < 4.78 is 26.4. The van der Waals surface area contributed by atoms with Gasteiger partial charge in [0, 0.05) is 25.2 Å². The van der Waals surface area contributed by atoms with Crippen LogP contribution in [-0.4, -0.2) is 66.5 Å². The number of nitrogens with zero attached hydrogens (tertiary/aromatic N) is 5. The molecular formula is C26H23FN6O2. The number of halogens is 1. The Kier molecular flexibility index (Phi) is 5.04. The van der Waals surface area contributed by atoms with Crippen molar-refractivity contribution < 1.29 is 13.9 Å². The summed E-state index contributed by atoms with van der Waals surface area (Å²) in [4.78, 5) is 9.45. The topological polar surface area (TPSA) is 90.3 Å². The lowest BCUT2D eigenvalue weighted by Gasteiger charge is -2.44. The van der Waals surface area contributed by atoms with E-state index in [1.54, 1.807) is 18.2 Å². The Balaban J connectivity index is 1.46. The van der Waals surface area contributed by atoms with Crippen LogP contribution in [0, 0.1) is 17.1 Å². The molecule has 6 rings (SSSR count). The molecule has 4 heterocycles. The number of aromatic amines is 1. The number of likely N-dealkylation sites (N-methyl/N-ethyl adjacent to an activating group) is 1. The van der Waals surface area contributed by atoms with Gasteiger partial charge in [-0.1, -0.05) is 12.1 Å². The molecule has 0 radical (unpaired) electrons. The van der Waals surface area contributed by atoms with E-state index in [2.05, 4.69) is 39.2 Å². The first-order chi connectivity index (χ1) is 17.1. The van der Waals surface area contributed by atoms with Crippen LogP contribution in [0.4, 0.5) is 10.1 Å². The van der Waals surface area contributed by atoms with Crippen molar-refractivity contribution in [3.05, 3.63) is 53.8 Å². The van der Waals surface area contributed by atoms with E-state index in [1.165, 1.54) is 13.2 Å². The molecule has 1 unspecified atom stereocenters. The molecule has 2 aliphatic rings. The van der Waals surface area contributed by atoms with Gasteiger partial charge < -0.3 is 19.3 Å². The Morgan fingerprint density at radius 1 is 1.20 bits per heavy atom. The number of aromatic nitrogens is 3. The van der Waals surface area contributed by atoms with Crippen LogP contribution in [0.1, 0.15) is 5.56 Å². The van der Waals surface area contributed by atoms with Gasteiger partial charge in [0.25, 0.3) is 0 Å². The average Bonchev–Trinajstić information content (AvgIpc) is 3.30. The number of hydrogen-bond donors (Lipinski definition) is 1. The summed E-state index contributed by atoms with van der Waals surface area (Å²) in [5.41, 5.74) is 4.23. The van der Waals surface area contributed by atoms with Gasteiger partial charge in [-0.15, -0.1) is 0 Å². The first-order valence-corrected chi connectivity index (χ1v) is 11.4. The third-order valence-electron chi connectivity index (χ3n) is 6.75. The molecule has 0 spiro atoms. The number of fused-ring (bicyclic) bond motifs is 4. The van der Waals surface area contributed by atoms with Crippen LogP contribution in [0.5, 0.6) is 11.5 Å². The highest BCUT2D eigenvalue weighted by Crippen LogP contribution is 2.40. The predicted octanol–water partition coefficient (Wildman–Crippen LogP) is 3.82. The van der Waals surface area contributed by atoms with Crippen LogP contribution in [-0.2, 0) is 0 Å². The first kappa shape index (κ1) is 21.4. The first-order valence-electron chi connectivity index (χ1n) is 11.4. The highest BCUT2D eigenvalue weighted by atomic mass is 19.1. The number of piperazine rings is 1. The number of anilines is 1. The van der Waals surface area contributed by atoms with Crippen molar-refractivity contribution in [1.82, 2.24) is 20.1 Å². The molecule has 0 saturated carbocycles. The summed E-state index contributed by atoms with van der Waals surface area (Å²) >= 11 is 0. The zero-order valence-corrected chi connectivity index (χ0v) is 19.4.